The van der Waals surface area contributed by atoms with E-state index < -0.39 is 6.04 Å². The number of ether oxygens (including phenoxy) is 1. The number of hydrogen-bond donors (Lipinski definition) is 1. The number of methoxy groups -OCH3 is 1. The van der Waals surface area contributed by atoms with Crippen molar-refractivity contribution in [2.24, 2.45) is 5.92 Å². The summed E-state index contributed by atoms with van der Waals surface area (Å²) in [5.74, 6) is -0.253. The topological polar surface area (TPSA) is 55.4 Å². The Bertz CT molecular complexity index is 466. The monoisotopic (exact) mass is 289 g/mol. The van der Waals surface area contributed by atoms with Crippen LogP contribution < -0.4 is 5.32 Å². The van der Waals surface area contributed by atoms with E-state index in [-0.39, 0.29) is 17.8 Å². The molecule has 1 amide bonds. The van der Waals surface area contributed by atoms with E-state index in [1.807, 2.05) is 30.3 Å². The summed E-state index contributed by atoms with van der Waals surface area (Å²) < 4.78 is 4.86. The highest BCUT2D eigenvalue weighted by Crippen LogP contribution is 2.27. The van der Waals surface area contributed by atoms with E-state index in [0.29, 0.717) is 6.42 Å². The van der Waals surface area contributed by atoms with Crippen molar-refractivity contribution in [3.8, 4) is 0 Å². The molecule has 0 aliphatic heterocycles. The first-order chi connectivity index (χ1) is 10.2. The van der Waals surface area contributed by atoms with E-state index in [2.05, 4.69) is 5.32 Å². The lowest BCUT2D eigenvalue weighted by atomic mass is 9.83. The normalized spacial score (nSPS) is 17.0. The van der Waals surface area contributed by atoms with Gasteiger partial charge in [-0.15, -0.1) is 0 Å². The third-order valence-electron chi connectivity index (χ3n) is 4.10. The number of amides is 1. The Labute approximate surface area is 125 Å². The smallest absolute Gasteiger partial charge is 0.328 e. The van der Waals surface area contributed by atoms with Gasteiger partial charge >= 0.3 is 5.97 Å². The summed E-state index contributed by atoms with van der Waals surface area (Å²) in [6.07, 6.45) is 5.69. The summed E-state index contributed by atoms with van der Waals surface area (Å²) in [5, 5.41) is 2.87. The van der Waals surface area contributed by atoms with E-state index in [9.17, 15) is 9.59 Å². The van der Waals surface area contributed by atoms with Gasteiger partial charge in [-0.25, -0.2) is 4.79 Å². The van der Waals surface area contributed by atoms with Crippen LogP contribution in [0.1, 0.15) is 37.7 Å². The molecule has 0 aromatic heterocycles. The Balaban J connectivity index is 1.97. The molecule has 0 bridgehead atoms. The highest BCUT2D eigenvalue weighted by molar-refractivity contribution is 5.85. The largest absolute Gasteiger partial charge is 0.467 e. The molecule has 4 nitrogen and oxygen atoms in total. The molecule has 1 saturated carbocycles. The molecular weight excluding hydrogens is 266 g/mol. The number of carbonyl (C=O) groups excluding carboxylic acids is 2. The van der Waals surface area contributed by atoms with Gasteiger partial charge in [0.15, 0.2) is 0 Å². The van der Waals surface area contributed by atoms with Crippen LogP contribution >= 0.6 is 0 Å². The molecule has 1 fully saturated rings. The van der Waals surface area contributed by atoms with Crippen molar-refractivity contribution < 1.29 is 14.3 Å². The van der Waals surface area contributed by atoms with Crippen LogP contribution in [-0.4, -0.2) is 25.0 Å². The fourth-order valence-electron chi connectivity index (χ4n) is 2.97. The summed E-state index contributed by atoms with van der Waals surface area (Å²) in [6.45, 7) is 0. The summed E-state index contributed by atoms with van der Waals surface area (Å²) in [4.78, 5) is 24.1. The van der Waals surface area contributed by atoms with Crippen LogP contribution in [0.3, 0.4) is 0 Å². The Morgan fingerprint density at radius 1 is 1.19 bits per heavy atom. The maximum Gasteiger partial charge on any atom is 0.328 e. The molecule has 1 aromatic carbocycles. The number of esters is 1. The molecule has 4 heteroatoms. The average Bonchev–Trinajstić information content (AvgIpc) is 2.53. The molecule has 1 aliphatic carbocycles. The minimum Gasteiger partial charge on any atom is -0.467 e. The van der Waals surface area contributed by atoms with Crippen molar-refractivity contribution in [1.82, 2.24) is 5.32 Å². The first kappa shape index (κ1) is 15.5. The zero-order chi connectivity index (χ0) is 15.1. The minimum atomic E-state index is -0.508. The Morgan fingerprint density at radius 2 is 1.86 bits per heavy atom. The second kappa shape index (κ2) is 7.81. The SMILES string of the molecule is COC(=O)[C@H](NC(=O)Cc1ccccc1)C1CCCCC1. The zero-order valence-corrected chi connectivity index (χ0v) is 12.5. The predicted molar refractivity (Wildman–Crippen MR) is 80.7 cm³/mol. The molecule has 0 heterocycles. The quantitative estimate of drug-likeness (QED) is 0.847. The van der Waals surface area contributed by atoms with E-state index in [1.54, 1.807) is 0 Å². The maximum atomic E-state index is 12.2. The molecule has 21 heavy (non-hydrogen) atoms. The molecule has 114 valence electrons. The molecule has 0 spiro atoms. The highest BCUT2D eigenvalue weighted by Gasteiger charge is 2.31. The zero-order valence-electron chi connectivity index (χ0n) is 12.5. The van der Waals surface area contributed by atoms with Gasteiger partial charge in [-0.2, -0.15) is 0 Å². The van der Waals surface area contributed by atoms with E-state index in [4.69, 9.17) is 4.74 Å². The van der Waals surface area contributed by atoms with Crippen LogP contribution in [0.4, 0.5) is 0 Å². The highest BCUT2D eigenvalue weighted by atomic mass is 16.5. The molecule has 1 N–H and O–H groups in total. The van der Waals surface area contributed by atoms with Crippen molar-refractivity contribution >= 4 is 11.9 Å². The van der Waals surface area contributed by atoms with Crippen LogP contribution in [0, 0.1) is 5.92 Å². The molecular formula is C17H23NO3. The van der Waals surface area contributed by atoms with Gasteiger partial charge in [0.1, 0.15) is 6.04 Å². The van der Waals surface area contributed by atoms with Gasteiger partial charge in [0.25, 0.3) is 0 Å². The molecule has 0 radical (unpaired) electrons. The third-order valence-corrected chi connectivity index (χ3v) is 4.10. The van der Waals surface area contributed by atoms with Gasteiger partial charge in [-0.05, 0) is 24.3 Å². The number of hydrogen-bond acceptors (Lipinski definition) is 3. The summed E-state index contributed by atoms with van der Waals surface area (Å²) in [7, 11) is 1.38. The third kappa shape index (κ3) is 4.59. The minimum absolute atomic E-state index is 0.123. The van der Waals surface area contributed by atoms with Gasteiger partial charge in [-0.1, -0.05) is 49.6 Å². The average molecular weight is 289 g/mol. The van der Waals surface area contributed by atoms with Crippen molar-refractivity contribution in [1.29, 1.82) is 0 Å². The van der Waals surface area contributed by atoms with Crippen LogP contribution in [-0.2, 0) is 20.7 Å². The lowest BCUT2D eigenvalue weighted by molar-refractivity contribution is -0.147. The summed E-state index contributed by atoms with van der Waals surface area (Å²) in [6, 6.07) is 9.04. The maximum absolute atomic E-state index is 12.2. The van der Waals surface area contributed by atoms with Crippen molar-refractivity contribution in [3.05, 3.63) is 35.9 Å². The van der Waals surface area contributed by atoms with Crippen LogP contribution in [0.15, 0.2) is 30.3 Å². The van der Waals surface area contributed by atoms with Crippen molar-refractivity contribution in [2.75, 3.05) is 7.11 Å². The number of nitrogens with one attached hydrogen (secondary N) is 1. The van der Waals surface area contributed by atoms with Gasteiger partial charge in [0.05, 0.1) is 13.5 Å². The predicted octanol–water partition coefficient (Wildman–Crippen LogP) is 2.47. The molecule has 0 saturated heterocycles. The van der Waals surface area contributed by atoms with Crippen LogP contribution in [0.5, 0.6) is 0 Å². The Hall–Kier alpha value is -1.84. The van der Waals surface area contributed by atoms with Crippen LogP contribution in [0.2, 0.25) is 0 Å². The van der Waals surface area contributed by atoms with E-state index >= 15 is 0 Å². The van der Waals surface area contributed by atoms with Gasteiger partial charge in [0.2, 0.25) is 5.91 Å². The molecule has 0 unspecified atom stereocenters. The Kier molecular flexibility index (Phi) is 5.78. The number of benzene rings is 1. The van der Waals surface area contributed by atoms with Crippen molar-refractivity contribution in [2.45, 2.75) is 44.6 Å². The fraction of sp³-hybridized carbons (Fsp3) is 0.529. The molecule has 1 aromatic rings. The van der Waals surface area contributed by atoms with Gasteiger partial charge in [-0.3, -0.25) is 4.79 Å². The summed E-state index contributed by atoms with van der Waals surface area (Å²) in [5.41, 5.74) is 0.947. The number of carbonyl (C=O) groups is 2. The summed E-state index contributed by atoms with van der Waals surface area (Å²) >= 11 is 0. The van der Waals surface area contributed by atoms with Gasteiger partial charge in [0, 0.05) is 0 Å². The Morgan fingerprint density at radius 3 is 2.48 bits per heavy atom. The van der Waals surface area contributed by atoms with E-state index in [0.717, 1.165) is 31.2 Å². The second-order valence-electron chi connectivity index (χ2n) is 5.63. The van der Waals surface area contributed by atoms with E-state index in [1.165, 1.54) is 13.5 Å². The standard InChI is InChI=1S/C17H23NO3/c1-21-17(20)16(14-10-6-3-7-11-14)18-15(19)12-13-8-4-2-5-9-13/h2,4-5,8-9,14,16H,3,6-7,10-12H2,1H3,(H,18,19)/t16-/m1/s1. The van der Waals surface area contributed by atoms with Gasteiger partial charge < -0.3 is 10.1 Å². The lowest BCUT2D eigenvalue weighted by Crippen LogP contribution is -2.47. The second-order valence-corrected chi connectivity index (χ2v) is 5.63. The lowest BCUT2D eigenvalue weighted by Gasteiger charge is -2.29. The molecule has 2 rings (SSSR count). The molecule has 1 aliphatic rings. The fourth-order valence-corrected chi connectivity index (χ4v) is 2.97. The number of rotatable bonds is 5. The van der Waals surface area contributed by atoms with Crippen LogP contribution in [0.25, 0.3) is 0 Å². The first-order valence-electron chi connectivity index (χ1n) is 7.62. The molecule has 1 atom stereocenters. The van der Waals surface area contributed by atoms with Crippen molar-refractivity contribution in [3.63, 3.8) is 0 Å². The first-order valence-corrected chi connectivity index (χ1v) is 7.62.